The van der Waals surface area contributed by atoms with E-state index in [9.17, 15) is 9.59 Å². The Morgan fingerprint density at radius 2 is 1.84 bits per heavy atom. The minimum atomic E-state index is -0.463. The fourth-order valence-corrected chi connectivity index (χ4v) is 2.03. The second kappa shape index (κ2) is 9.33. The Bertz CT molecular complexity index is 719. The fourth-order valence-electron chi connectivity index (χ4n) is 2.03. The van der Waals surface area contributed by atoms with E-state index >= 15 is 0 Å². The van der Waals surface area contributed by atoms with E-state index in [0.29, 0.717) is 30.0 Å². The lowest BCUT2D eigenvalue weighted by molar-refractivity contribution is 0.0601. The van der Waals surface area contributed by atoms with Crippen molar-refractivity contribution in [1.82, 2.24) is 15.3 Å². The average Bonchev–Trinajstić information content (AvgIpc) is 2.65. The van der Waals surface area contributed by atoms with Gasteiger partial charge in [0, 0.05) is 32.7 Å². The molecule has 8 nitrogen and oxygen atoms in total. The van der Waals surface area contributed by atoms with E-state index in [4.69, 9.17) is 9.47 Å². The first-order valence-corrected chi connectivity index (χ1v) is 7.69. The second-order valence-corrected chi connectivity index (χ2v) is 5.06. The van der Waals surface area contributed by atoms with Crippen LogP contribution in [0.3, 0.4) is 0 Å². The zero-order chi connectivity index (χ0) is 18.1. The highest BCUT2D eigenvalue weighted by molar-refractivity contribution is 5.96. The number of nitrogens with zero attached hydrogens (tertiary/aromatic N) is 2. The molecule has 0 unspecified atom stereocenters. The summed E-state index contributed by atoms with van der Waals surface area (Å²) in [5.41, 5.74) is 1.24. The van der Waals surface area contributed by atoms with E-state index in [-0.39, 0.29) is 11.9 Å². The Labute approximate surface area is 145 Å². The van der Waals surface area contributed by atoms with Crippen LogP contribution in [0.5, 0.6) is 0 Å². The Hall–Kier alpha value is -3.00. The largest absolute Gasteiger partial charge is 0.465 e. The van der Waals surface area contributed by atoms with Crippen LogP contribution in [0.15, 0.2) is 36.7 Å². The van der Waals surface area contributed by atoms with Gasteiger partial charge in [-0.2, -0.15) is 0 Å². The number of esters is 1. The zero-order valence-corrected chi connectivity index (χ0v) is 14.1. The third-order valence-corrected chi connectivity index (χ3v) is 3.30. The number of rotatable bonds is 8. The number of anilines is 2. The molecule has 2 aromatic rings. The lowest BCUT2D eigenvalue weighted by Gasteiger charge is -2.09. The summed E-state index contributed by atoms with van der Waals surface area (Å²) in [7, 11) is 2.93. The molecule has 0 bridgehead atoms. The molecule has 8 heteroatoms. The molecule has 0 aliphatic carbocycles. The SMILES string of the molecule is COCCCNC(=O)c1cnc(Nc2ccccc2C(=O)OC)nc1. The van der Waals surface area contributed by atoms with Gasteiger partial charge < -0.3 is 20.1 Å². The molecule has 0 aliphatic heterocycles. The molecule has 25 heavy (non-hydrogen) atoms. The Morgan fingerprint density at radius 3 is 2.52 bits per heavy atom. The molecule has 0 atom stereocenters. The van der Waals surface area contributed by atoms with Gasteiger partial charge in [-0.3, -0.25) is 4.79 Å². The standard InChI is InChI=1S/C17H20N4O4/c1-24-9-5-8-18-15(22)12-10-19-17(20-11-12)21-14-7-4-3-6-13(14)16(23)25-2/h3-4,6-7,10-11H,5,8-9H2,1-2H3,(H,18,22)(H,19,20,21). The van der Waals surface area contributed by atoms with Crippen LogP contribution in [0.2, 0.25) is 0 Å². The number of ether oxygens (including phenoxy) is 2. The first-order chi connectivity index (χ1) is 12.2. The van der Waals surface area contributed by atoms with Gasteiger partial charge in [0.15, 0.2) is 0 Å². The first-order valence-electron chi connectivity index (χ1n) is 7.69. The molecule has 1 amide bonds. The van der Waals surface area contributed by atoms with E-state index in [1.807, 2.05) is 0 Å². The van der Waals surface area contributed by atoms with Crippen LogP contribution in [0.4, 0.5) is 11.6 Å². The van der Waals surface area contributed by atoms with Crippen molar-refractivity contribution in [1.29, 1.82) is 0 Å². The van der Waals surface area contributed by atoms with Crippen molar-refractivity contribution in [2.75, 3.05) is 32.7 Å². The van der Waals surface area contributed by atoms with Crippen LogP contribution in [-0.4, -0.2) is 49.2 Å². The van der Waals surface area contributed by atoms with Crippen molar-refractivity contribution in [3.63, 3.8) is 0 Å². The van der Waals surface area contributed by atoms with Crippen LogP contribution in [-0.2, 0) is 9.47 Å². The van der Waals surface area contributed by atoms with Crippen molar-refractivity contribution >= 4 is 23.5 Å². The second-order valence-electron chi connectivity index (χ2n) is 5.06. The van der Waals surface area contributed by atoms with Crippen LogP contribution >= 0.6 is 0 Å². The van der Waals surface area contributed by atoms with Gasteiger partial charge in [-0.25, -0.2) is 14.8 Å². The number of methoxy groups -OCH3 is 2. The summed E-state index contributed by atoms with van der Waals surface area (Å²) in [4.78, 5) is 31.9. The highest BCUT2D eigenvalue weighted by Crippen LogP contribution is 2.19. The summed E-state index contributed by atoms with van der Waals surface area (Å²) in [5, 5.41) is 5.70. The van der Waals surface area contributed by atoms with E-state index in [0.717, 1.165) is 6.42 Å². The molecule has 1 aromatic carbocycles. The number of hydrogen-bond acceptors (Lipinski definition) is 7. The highest BCUT2D eigenvalue weighted by atomic mass is 16.5. The van der Waals surface area contributed by atoms with Gasteiger partial charge in [-0.15, -0.1) is 0 Å². The Morgan fingerprint density at radius 1 is 1.12 bits per heavy atom. The molecule has 0 radical (unpaired) electrons. The van der Waals surface area contributed by atoms with Gasteiger partial charge in [0.1, 0.15) is 0 Å². The molecule has 2 N–H and O–H groups in total. The topological polar surface area (TPSA) is 102 Å². The summed E-state index contributed by atoms with van der Waals surface area (Å²) in [6.07, 6.45) is 3.57. The summed E-state index contributed by atoms with van der Waals surface area (Å²) < 4.78 is 9.66. The molecule has 0 saturated heterocycles. The summed E-state index contributed by atoms with van der Waals surface area (Å²) in [5.74, 6) is -0.444. The number of benzene rings is 1. The van der Waals surface area contributed by atoms with Crippen molar-refractivity contribution < 1.29 is 19.1 Å². The minimum absolute atomic E-state index is 0.252. The molecule has 2 rings (SSSR count). The van der Waals surface area contributed by atoms with Crippen molar-refractivity contribution in [3.05, 3.63) is 47.8 Å². The number of hydrogen-bond donors (Lipinski definition) is 2. The molecule has 1 heterocycles. The van der Waals surface area contributed by atoms with Gasteiger partial charge in [-0.1, -0.05) is 12.1 Å². The number of para-hydroxylation sites is 1. The third-order valence-electron chi connectivity index (χ3n) is 3.30. The number of amides is 1. The van der Waals surface area contributed by atoms with Crippen LogP contribution in [0, 0.1) is 0 Å². The van der Waals surface area contributed by atoms with Crippen LogP contribution in [0.25, 0.3) is 0 Å². The highest BCUT2D eigenvalue weighted by Gasteiger charge is 2.12. The monoisotopic (exact) mass is 344 g/mol. The molecule has 0 spiro atoms. The van der Waals surface area contributed by atoms with Crippen molar-refractivity contribution in [3.8, 4) is 0 Å². The molecule has 0 aliphatic rings. The smallest absolute Gasteiger partial charge is 0.339 e. The number of aromatic nitrogens is 2. The maximum Gasteiger partial charge on any atom is 0.339 e. The predicted octanol–water partition coefficient (Wildman–Crippen LogP) is 1.77. The number of carbonyl (C=O) groups excluding carboxylic acids is 2. The van der Waals surface area contributed by atoms with Crippen LogP contribution in [0.1, 0.15) is 27.1 Å². The van der Waals surface area contributed by atoms with Gasteiger partial charge in [0.05, 0.1) is 23.9 Å². The molecule has 1 aromatic heterocycles. The Balaban J connectivity index is 2.01. The van der Waals surface area contributed by atoms with Crippen molar-refractivity contribution in [2.24, 2.45) is 0 Å². The van der Waals surface area contributed by atoms with Gasteiger partial charge >= 0.3 is 5.97 Å². The molecular formula is C17H20N4O4. The van der Waals surface area contributed by atoms with Crippen molar-refractivity contribution in [2.45, 2.75) is 6.42 Å². The van der Waals surface area contributed by atoms with Gasteiger partial charge in [-0.05, 0) is 18.6 Å². The summed E-state index contributed by atoms with van der Waals surface area (Å²) in [6.45, 7) is 1.10. The number of carbonyl (C=O) groups is 2. The predicted molar refractivity (Wildman–Crippen MR) is 91.9 cm³/mol. The summed E-state index contributed by atoms with van der Waals surface area (Å²) in [6, 6.07) is 6.86. The normalized spacial score (nSPS) is 10.2. The maximum absolute atomic E-state index is 11.9. The maximum atomic E-state index is 11.9. The fraction of sp³-hybridized carbons (Fsp3) is 0.294. The molecular weight excluding hydrogens is 324 g/mol. The van der Waals surface area contributed by atoms with Gasteiger partial charge in [0.25, 0.3) is 5.91 Å². The Kier molecular flexibility index (Phi) is 6.85. The average molecular weight is 344 g/mol. The first kappa shape index (κ1) is 18.3. The quantitative estimate of drug-likeness (QED) is 0.556. The number of nitrogens with one attached hydrogen (secondary N) is 2. The molecule has 0 fully saturated rings. The third kappa shape index (κ3) is 5.25. The van der Waals surface area contributed by atoms with Crippen LogP contribution < -0.4 is 10.6 Å². The van der Waals surface area contributed by atoms with E-state index in [1.54, 1.807) is 31.4 Å². The van der Waals surface area contributed by atoms with E-state index in [2.05, 4.69) is 20.6 Å². The zero-order valence-electron chi connectivity index (χ0n) is 14.1. The molecule has 132 valence electrons. The lowest BCUT2D eigenvalue weighted by atomic mass is 10.2. The summed E-state index contributed by atoms with van der Waals surface area (Å²) >= 11 is 0. The molecule has 0 saturated carbocycles. The van der Waals surface area contributed by atoms with Gasteiger partial charge in [0.2, 0.25) is 5.95 Å². The van der Waals surface area contributed by atoms with E-state index in [1.165, 1.54) is 19.5 Å². The lowest BCUT2D eigenvalue weighted by Crippen LogP contribution is -2.25. The minimum Gasteiger partial charge on any atom is -0.465 e. The van der Waals surface area contributed by atoms with E-state index < -0.39 is 5.97 Å².